The minimum Gasteiger partial charge on any atom is -0.550 e. The second-order valence-electron chi connectivity index (χ2n) is 5.54. The topological polar surface area (TPSA) is 148 Å². The molecule has 1 aliphatic heterocycles. The van der Waals surface area contributed by atoms with Crippen LogP contribution in [0.3, 0.4) is 0 Å². The molecular weight excluding hydrogens is 367 g/mol. The van der Waals surface area contributed by atoms with Crippen molar-refractivity contribution in [2.45, 2.75) is 39.7 Å². The number of cyclic esters (lactones) is 1. The number of hydrogen-bond donors (Lipinski definition) is 2. The first-order valence-electron chi connectivity index (χ1n) is 7.75. The minimum absolute atomic E-state index is 0. The van der Waals surface area contributed by atoms with Crippen LogP contribution in [0.4, 0.5) is 0 Å². The third-order valence-electron chi connectivity index (χ3n) is 4.03. The van der Waals surface area contributed by atoms with Gasteiger partial charge in [0.25, 0.3) is 0 Å². The van der Waals surface area contributed by atoms with Gasteiger partial charge in [-0.1, -0.05) is 11.6 Å². The molecule has 9 heteroatoms. The van der Waals surface area contributed by atoms with E-state index in [1.807, 2.05) is 13.0 Å². The molecule has 0 aromatic heterocycles. The van der Waals surface area contributed by atoms with Crippen molar-refractivity contribution < 1.29 is 69.4 Å². The summed E-state index contributed by atoms with van der Waals surface area (Å²) in [4.78, 5) is 22.3. The molecule has 1 heterocycles. The molecule has 0 spiro atoms. The van der Waals surface area contributed by atoms with Crippen molar-refractivity contribution in [3.8, 4) is 11.5 Å². The zero-order valence-corrected chi connectivity index (χ0v) is 18.3. The number of phenolic OH excluding ortho intramolecular Hbond substituents is 1. The maximum atomic E-state index is 11.8. The van der Waals surface area contributed by atoms with Crippen LogP contribution in [0.25, 0.3) is 0 Å². The average molecular weight is 392 g/mol. The van der Waals surface area contributed by atoms with Crippen LogP contribution in [0.2, 0.25) is 0 Å². The van der Waals surface area contributed by atoms with E-state index in [-0.39, 0.29) is 59.4 Å². The number of aliphatic carboxylic acids is 1. The molecule has 0 bridgehead atoms. The Kier molecular flexibility index (Phi) is 13.0. The van der Waals surface area contributed by atoms with Crippen LogP contribution in [0.5, 0.6) is 11.5 Å². The van der Waals surface area contributed by atoms with Crippen LogP contribution in [-0.2, 0) is 22.6 Å². The number of allylic oxidation sites excluding steroid dienone is 2. The molecule has 0 atom stereocenters. The number of aliphatic hydroxyl groups excluding tert-OH is 1. The number of carbonyl (C=O) groups excluding carboxylic acids is 2. The molecule has 0 unspecified atom stereocenters. The summed E-state index contributed by atoms with van der Waals surface area (Å²) in [6.07, 6.45) is 2.46. The summed E-state index contributed by atoms with van der Waals surface area (Å²) < 4.78 is 10.4. The summed E-state index contributed by atoms with van der Waals surface area (Å²) in [5, 5.41) is 27.9. The maximum Gasteiger partial charge on any atom is 1.00 e. The van der Waals surface area contributed by atoms with Crippen LogP contribution in [-0.4, -0.2) is 41.8 Å². The van der Waals surface area contributed by atoms with Crippen LogP contribution in [0, 0.1) is 6.92 Å². The number of hydrogen-bond acceptors (Lipinski definition) is 7. The van der Waals surface area contributed by atoms with Crippen molar-refractivity contribution in [3.63, 3.8) is 0 Å². The summed E-state index contributed by atoms with van der Waals surface area (Å²) in [6.45, 7) is 3.75. The standard InChI is InChI=1S/C17H20O6.CH4O.Na.H2O/c1-9(5-7-13(18)19)4-6-11-15(20)14-12(8-23-17(14)21)10(2)16(11)22-3;1-2;;/h4,20H,5-8H2,1-3H3,(H,18,19);2H,1H3;;1H2/q;;+1;/p-1/b9-4+;;;. The zero-order chi connectivity index (χ0) is 19.1. The van der Waals surface area contributed by atoms with Gasteiger partial charge in [-0.15, -0.1) is 0 Å². The summed E-state index contributed by atoms with van der Waals surface area (Å²) in [5.41, 5.74) is 2.96. The van der Waals surface area contributed by atoms with E-state index < -0.39 is 11.9 Å². The van der Waals surface area contributed by atoms with Gasteiger partial charge in [0.2, 0.25) is 0 Å². The van der Waals surface area contributed by atoms with E-state index in [2.05, 4.69) is 0 Å². The summed E-state index contributed by atoms with van der Waals surface area (Å²) in [6, 6.07) is 0. The first-order chi connectivity index (χ1) is 11.9. The van der Waals surface area contributed by atoms with Gasteiger partial charge >= 0.3 is 35.5 Å². The Morgan fingerprint density at radius 1 is 1.33 bits per heavy atom. The van der Waals surface area contributed by atoms with E-state index in [0.717, 1.165) is 18.2 Å². The van der Waals surface area contributed by atoms with Crippen molar-refractivity contribution in [2.24, 2.45) is 0 Å². The Morgan fingerprint density at radius 3 is 2.44 bits per heavy atom. The van der Waals surface area contributed by atoms with Crippen molar-refractivity contribution in [1.29, 1.82) is 0 Å². The van der Waals surface area contributed by atoms with Crippen molar-refractivity contribution >= 4 is 11.9 Å². The fourth-order valence-electron chi connectivity index (χ4n) is 2.71. The van der Waals surface area contributed by atoms with Gasteiger partial charge in [-0.25, -0.2) is 4.79 Å². The van der Waals surface area contributed by atoms with Gasteiger partial charge in [-0.2, -0.15) is 0 Å². The molecule has 1 aliphatic rings. The first kappa shape index (κ1) is 27.6. The molecule has 1 aromatic rings. The third-order valence-corrected chi connectivity index (χ3v) is 4.03. The Labute approximate surface area is 180 Å². The van der Waals surface area contributed by atoms with Crippen molar-refractivity contribution in [1.82, 2.24) is 0 Å². The van der Waals surface area contributed by atoms with E-state index in [9.17, 15) is 19.8 Å². The molecule has 2 rings (SSSR count). The van der Waals surface area contributed by atoms with Crippen LogP contribution < -0.4 is 39.4 Å². The molecule has 0 aliphatic carbocycles. The molecule has 4 N–H and O–H groups in total. The molecule has 0 amide bonds. The van der Waals surface area contributed by atoms with Crippen LogP contribution >= 0.6 is 0 Å². The van der Waals surface area contributed by atoms with E-state index >= 15 is 0 Å². The molecule has 27 heavy (non-hydrogen) atoms. The average Bonchev–Trinajstić information content (AvgIpc) is 2.98. The number of ether oxygens (including phenoxy) is 2. The molecule has 0 radical (unpaired) electrons. The van der Waals surface area contributed by atoms with Gasteiger partial charge in [0, 0.05) is 24.2 Å². The quantitative estimate of drug-likeness (QED) is 0.302. The van der Waals surface area contributed by atoms with Gasteiger partial charge in [0.15, 0.2) is 0 Å². The Balaban J connectivity index is 0. The molecule has 0 fully saturated rings. The molecule has 1 aromatic carbocycles. The first-order valence-corrected chi connectivity index (χ1v) is 7.75. The van der Waals surface area contributed by atoms with Crippen molar-refractivity contribution in [3.05, 3.63) is 33.9 Å². The van der Waals surface area contributed by atoms with E-state index in [4.69, 9.17) is 14.6 Å². The van der Waals surface area contributed by atoms with Gasteiger partial charge in [-0.05, 0) is 38.7 Å². The Hall–Kier alpha value is -1.58. The fraction of sp³-hybridized carbons (Fsp3) is 0.444. The number of phenols is 1. The molecule has 8 nitrogen and oxygen atoms in total. The molecule has 146 valence electrons. The zero-order valence-electron chi connectivity index (χ0n) is 16.3. The summed E-state index contributed by atoms with van der Waals surface area (Å²) >= 11 is 0. The smallest absolute Gasteiger partial charge is 0.550 e. The third kappa shape index (κ3) is 6.51. The van der Waals surface area contributed by atoms with Crippen LogP contribution in [0.15, 0.2) is 11.6 Å². The number of esters is 1. The van der Waals surface area contributed by atoms with E-state index in [1.54, 1.807) is 6.92 Å². The van der Waals surface area contributed by atoms with Gasteiger partial charge in [0.05, 0.1) is 7.11 Å². The fourth-order valence-corrected chi connectivity index (χ4v) is 2.71. The number of carboxylic acids is 1. The Morgan fingerprint density at radius 2 is 1.93 bits per heavy atom. The number of aliphatic hydroxyl groups is 1. The molecule has 0 saturated heterocycles. The largest absolute Gasteiger partial charge is 1.00 e. The van der Waals surface area contributed by atoms with E-state index in [0.29, 0.717) is 29.7 Å². The van der Waals surface area contributed by atoms with Crippen LogP contribution in [0.1, 0.15) is 46.8 Å². The Bertz CT molecular complexity index is 697. The summed E-state index contributed by atoms with van der Waals surface area (Å²) in [5.74, 6) is -1.26. The predicted octanol–water partition coefficient (Wildman–Crippen LogP) is -2.81. The number of fused-ring (bicyclic) bond motifs is 1. The number of methoxy groups -OCH3 is 1. The predicted molar refractivity (Wildman–Crippen MR) is 92.0 cm³/mol. The second-order valence-corrected chi connectivity index (χ2v) is 5.54. The maximum absolute atomic E-state index is 11.8. The number of carbonyl (C=O) groups is 2. The summed E-state index contributed by atoms with van der Waals surface area (Å²) in [7, 11) is 2.50. The number of rotatable bonds is 6. The molecular formula is C18H25NaO8. The van der Waals surface area contributed by atoms with Gasteiger partial charge < -0.3 is 35.1 Å². The SMILES string of the molecule is CO.COc1c(C)c2c(c(O)c1C/C=C(\C)CCC(=O)[O-])C(=O)OC2.O.[Na+]. The normalized spacial score (nSPS) is 11.9. The number of aromatic hydroxyl groups is 1. The molecule has 0 saturated carbocycles. The minimum atomic E-state index is -1.10. The van der Waals surface area contributed by atoms with Crippen molar-refractivity contribution in [2.75, 3.05) is 14.2 Å². The monoisotopic (exact) mass is 392 g/mol. The van der Waals surface area contributed by atoms with E-state index in [1.165, 1.54) is 7.11 Å². The number of benzene rings is 1. The van der Waals surface area contributed by atoms with Gasteiger partial charge in [-0.3, -0.25) is 0 Å². The number of carboxylic acid groups (broad SMARTS) is 1. The van der Waals surface area contributed by atoms with Gasteiger partial charge in [0.1, 0.15) is 23.7 Å². The second kappa shape index (κ2) is 12.7.